The van der Waals surface area contributed by atoms with Crippen molar-refractivity contribution in [1.29, 1.82) is 0 Å². The Morgan fingerprint density at radius 1 is 1.00 bits per heavy atom. The van der Waals surface area contributed by atoms with Crippen LogP contribution in [0.5, 0.6) is 11.5 Å². The van der Waals surface area contributed by atoms with Gasteiger partial charge in [0.1, 0.15) is 17.5 Å². The van der Waals surface area contributed by atoms with Gasteiger partial charge in [-0.1, -0.05) is 0 Å². The Morgan fingerprint density at radius 2 is 1.58 bits per heavy atom. The summed E-state index contributed by atoms with van der Waals surface area (Å²) in [4.78, 5) is 25.4. The lowest BCUT2D eigenvalue weighted by atomic mass is 9.98. The Labute approximate surface area is 194 Å². The van der Waals surface area contributed by atoms with Gasteiger partial charge >= 0.3 is 0 Å². The summed E-state index contributed by atoms with van der Waals surface area (Å²) in [6.07, 6.45) is 1.10. The van der Waals surface area contributed by atoms with E-state index in [2.05, 4.69) is 10.6 Å². The molecular weight excluding hydrogens is 446 g/mol. The highest BCUT2D eigenvalue weighted by atomic mass is 32.2. The number of hydrogen-bond acceptors (Lipinski definition) is 6. The molecule has 178 valence electrons. The van der Waals surface area contributed by atoms with Gasteiger partial charge in [-0.15, -0.1) is 0 Å². The van der Waals surface area contributed by atoms with Gasteiger partial charge in [0.25, 0.3) is 0 Å². The van der Waals surface area contributed by atoms with Crippen LogP contribution in [0.2, 0.25) is 0 Å². The molecule has 10 heteroatoms. The second-order valence-electron chi connectivity index (χ2n) is 7.83. The minimum Gasteiger partial charge on any atom is -0.497 e. The van der Waals surface area contributed by atoms with Gasteiger partial charge < -0.3 is 20.1 Å². The Hall–Kier alpha value is -3.11. The van der Waals surface area contributed by atoms with E-state index in [0.29, 0.717) is 36.6 Å². The summed E-state index contributed by atoms with van der Waals surface area (Å²) in [7, 11) is -0.672. The first-order valence-electron chi connectivity index (χ1n) is 10.6. The number of amides is 2. The van der Waals surface area contributed by atoms with Gasteiger partial charge in [-0.05, 0) is 68.3 Å². The molecule has 2 aromatic rings. The molecule has 1 aliphatic rings. The molecule has 2 unspecified atom stereocenters. The van der Waals surface area contributed by atoms with E-state index in [9.17, 15) is 18.0 Å². The van der Waals surface area contributed by atoms with Crippen LogP contribution >= 0.6 is 0 Å². The summed E-state index contributed by atoms with van der Waals surface area (Å²) in [6.45, 7) is 1.99. The molecule has 1 aliphatic heterocycles. The molecule has 33 heavy (non-hydrogen) atoms. The van der Waals surface area contributed by atoms with Gasteiger partial charge in [-0.3, -0.25) is 9.59 Å². The molecule has 1 fully saturated rings. The maximum atomic E-state index is 13.0. The van der Waals surface area contributed by atoms with Crippen molar-refractivity contribution in [3.63, 3.8) is 0 Å². The van der Waals surface area contributed by atoms with E-state index in [1.807, 2.05) is 0 Å². The van der Waals surface area contributed by atoms with E-state index < -0.39 is 22.0 Å². The average molecular weight is 476 g/mol. The van der Waals surface area contributed by atoms with E-state index in [0.717, 1.165) is 0 Å². The van der Waals surface area contributed by atoms with Crippen molar-refractivity contribution in [3.05, 3.63) is 48.5 Å². The van der Waals surface area contributed by atoms with Crippen molar-refractivity contribution < 1.29 is 27.5 Å². The van der Waals surface area contributed by atoms with Crippen LogP contribution in [0.15, 0.2) is 53.4 Å². The number of carbonyl (C=O) groups is 2. The summed E-state index contributed by atoms with van der Waals surface area (Å²) in [5.41, 5.74) is 0.580. The van der Waals surface area contributed by atoms with Crippen molar-refractivity contribution >= 4 is 27.5 Å². The zero-order valence-corrected chi connectivity index (χ0v) is 19.7. The van der Waals surface area contributed by atoms with Gasteiger partial charge in [0.2, 0.25) is 21.8 Å². The normalized spacial score (nSPS) is 17.6. The number of piperidine rings is 1. The van der Waals surface area contributed by atoms with Crippen molar-refractivity contribution in [2.24, 2.45) is 5.92 Å². The molecule has 0 aliphatic carbocycles. The number of ether oxygens (including phenoxy) is 2. The fraction of sp³-hybridized carbons (Fsp3) is 0.391. The zero-order chi connectivity index (χ0) is 24.0. The number of nitrogens with zero attached hydrogens (tertiary/aromatic N) is 1. The van der Waals surface area contributed by atoms with E-state index >= 15 is 0 Å². The van der Waals surface area contributed by atoms with Crippen LogP contribution in [0.3, 0.4) is 0 Å². The third-order valence-electron chi connectivity index (χ3n) is 5.56. The topological polar surface area (TPSA) is 114 Å². The van der Waals surface area contributed by atoms with E-state index in [1.54, 1.807) is 50.4 Å². The summed E-state index contributed by atoms with van der Waals surface area (Å²) >= 11 is 0. The smallest absolute Gasteiger partial charge is 0.246 e. The van der Waals surface area contributed by atoms with Gasteiger partial charge in [-0.2, -0.15) is 4.31 Å². The van der Waals surface area contributed by atoms with Crippen LogP contribution in [-0.4, -0.2) is 57.9 Å². The van der Waals surface area contributed by atoms with Gasteiger partial charge in [-0.25, -0.2) is 8.42 Å². The third kappa shape index (κ3) is 6.02. The van der Waals surface area contributed by atoms with Crippen molar-refractivity contribution in [2.75, 3.05) is 32.6 Å². The number of sulfonamides is 1. The lowest BCUT2D eigenvalue weighted by Crippen LogP contribution is -2.49. The van der Waals surface area contributed by atoms with Gasteiger partial charge in [0.15, 0.2) is 0 Å². The number of carbonyl (C=O) groups excluding carboxylic acids is 2. The quantitative estimate of drug-likeness (QED) is 0.605. The summed E-state index contributed by atoms with van der Waals surface area (Å²) in [6, 6.07) is 12.2. The molecule has 0 radical (unpaired) electrons. The van der Waals surface area contributed by atoms with Crippen LogP contribution in [0.4, 0.5) is 5.69 Å². The molecule has 2 amide bonds. The second-order valence-corrected chi connectivity index (χ2v) is 9.76. The third-order valence-corrected chi connectivity index (χ3v) is 7.44. The van der Waals surface area contributed by atoms with Gasteiger partial charge in [0.05, 0.1) is 25.0 Å². The summed E-state index contributed by atoms with van der Waals surface area (Å²) in [5.74, 6) is -0.0235. The monoisotopic (exact) mass is 475 g/mol. The molecule has 0 aromatic heterocycles. The predicted molar refractivity (Wildman–Crippen MR) is 124 cm³/mol. The van der Waals surface area contributed by atoms with Crippen LogP contribution in [0.1, 0.15) is 19.8 Å². The zero-order valence-electron chi connectivity index (χ0n) is 18.9. The van der Waals surface area contributed by atoms with Crippen molar-refractivity contribution in [2.45, 2.75) is 30.7 Å². The van der Waals surface area contributed by atoms with E-state index in [-0.39, 0.29) is 23.3 Å². The molecule has 3 rings (SSSR count). The summed E-state index contributed by atoms with van der Waals surface area (Å²) in [5, 5.41) is 5.44. The lowest BCUT2D eigenvalue weighted by molar-refractivity contribution is -0.129. The molecular formula is C23H29N3O6S. The van der Waals surface area contributed by atoms with Crippen LogP contribution in [0.25, 0.3) is 0 Å². The number of methoxy groups -OCH3 is 2. The molecule has 2 atom stereocenters. The Balaban J connectivity index is 1.59. The van der Waals surface area contributed by atoms with Crippen LogP contribution < -0.4 is 20.1 Å². The first kappa shape index (κ1) is 24.5. The number of benzene rings is 2. The first-order chi connectivity index (χ1) is 15.7. The lowest BCUT2D eigenvalue weighted by Gasteiger charge is -2.31. The van der Waals surface area contributed by atoms with Crippen LogP contribution in [-0.2, 0) is 19.6 Å². The number of anilines is 1. The molecule has 1 heterocycles. The minimum absolute atomic E-state index is 0.0625. The molecule has 0 saturated carbocycles. The van der Waals surface area contributed by atoms with Crippen molar-refractivity contribution in [1.82, 2.24) is 9.62 Å². The minimum atomic E-state index is -3.74. The Bertz CT molecular complexity index is 1070. The predicted octanol–water partition coefficient (Wildman–Crippen LogP) is 2.25. The molecule has 2 aromatic carbocycles. The van der Waals surface area contributed by atoms with Gasteiger partial charge in [0, 0.05) is 18.8 Å². The molecule has 0 spiro atoms. The highest BCUT2D eigenvalue weighted by Crippen LogP contribution is 2.25. The number of nitrogens with one attached hydrogen (secondary N) is 2. The maximum Gasteiger partial charge on any atom is 0.246 e. The second kappa shape index (κ2) is 10.7. The molecule has 0 bridgehead atoms. The highest BCUT2D eigenvalue weighted by molar-refractivity contribution is 7.89. The standard InChI is InChI=1S/C23H29N3O6S/c1-16(22(27)25-18-6-8-19(31-2)9-7-18)24-23(28)17-5-4-14-26(15-17)33(29,30)21-12-10-20(32-3)11-13-21/h6-13,16-17H,4-5,14-15H2,1-3H3,(H,24,28)(H,25,27). The van der Waals surface area contributed by atoms with E-state index in [1.165, 1.54) is 23.5 Å². The molecule has 2 N–H and O–H groups in total. The molecule has 1 saturated heterocycles. The maximum absolute atomic E-state index is 13.0. The van der Waals surface area contributed by atoms with Crippen LogP contribution in [0, 0.1) is 5.92 Å². The van der Waals surface area contributed by atoms with Crippen molar-refractivity contribution in [3.8, 4) is 11.5 Å². The first-order valence-corrected chi connectivity index (χ1v) is 12.1. The Kier molecular flexibility index (Phi) is 7.93. The largest absolute Gasteiger partial charge is 0.497 e. The highest BCUT2D eigenvalue weighted by Gasteiger charge is 2.34. The fourth-order valence-corrected chi connectivity index (χ4v) is 5.12. The summed E-state index contributed by atoms with van der Waals surface area (Å²) < 4.78 is 37.5. The van der Waals surface area contributed by atoms with E-state index in [4.69, 9.17) is 9.47 Å². The molecule has 9 nitrogen and oxygen atoms in total. The average Bonchev–Trinajstić information content (AvgIpc) is 2.84. The SMILES string of the molecule is COc1ccc(NC(=O)C(C)NC(=O)C2CCCN(S(=O)(=O)c3ccc(OC)cc3)C2)cc1. The Morgan fingerprint density at radius 3 is 2.15 bits per heavy atom. The fourth-order valence-electron chi connectivity index (χ4n) is 3.59. The number of rotatable bonds is 8. The number of hydrogen-bond donors (Lipinski definition) is 2.